The fraction of sp³-hybridized carbons (Fsp3) is 0.429. The molecule has 0 aliphatic carbocycles. The average Bonchev–Trinajstić information content (AvgIpc) is 2.84. The molecule has 1 heterocycles. The van der Waals surface area contributed by atoms with E-state index in [0.29, 0.717) is 5.89 Å². The summed E-state index contributed by atoms with van der Waals surface area (Å²) in [6.45, 7) is 2.95. The summed E-state index contributed by atoms with van der Waals surface area (Å²) >= 11 is 0. The molecule has 0 unspecified atom stereocenters. The molecule has 0 atom stereocenters. The smallest absolute Gasteiger partial charge is 0.217 e. The van der Waals surface area contributed by atoms with Crippen molar-refractivity contribution < 1.29 is 4.42 Å². The Kier molecular flexibility index (Phi) is 4.47. The number of rotatable bonds is 6. The first-order valence-corrected chi connectivity index (χ1v) is 6.29. The van der Waals surface area contributed by atoms with Crippen LogP contribution in [0.1, 0.15) is 22.9 Å². The van der Waals surface area contributed by atoms with Crippen LogP contribution in [-0.2, 0) is 19.3 Å². The predicted octanol–water partition coefficient (Wildman–Crippen LogP) is 1.93. The molecule has 0 aliphatic rings. The maximum absolute atomic E-state index is 5.57. The van der Waals surface area contributed by atoms with Gasteiger partial charge in [-0.2, -0.15) is 0 Å². The highest BCUT2D eigenvalue weighted by molar-refractivity contribution is 5.21. The Bertz CT molecular complexity index is 476. The van der Waals surface area contributed by atoms with Gasteiger partial charge in [-0.05, 0) is 26.0 Å². The first-order chi connectivity index (χ1) is 8.78. The van der Waals surface area contributed by atoms with E-state index in [9.17, 15) is 0 Å². The summed E-state index contributed by atoms with van der Waals surface area (Å²) in [6, 6.07) is 8.55. The van der Waals surface area contributed by atoms with Crippen molar-refractivity contribution >= 4 is 0 Å². The van der Waals surface area contributed by atoms with Gasteiger partial charge in [0, 0.05) is 19.4 Å². The van der Waals surface area contributed by atoms with Crippen LogP contribution in [0.15, 0.2) is 28.7 Å². The fourth-order valence-electron chi connectivity index (χ4n) is 1.73. The first kappa shape index (κ1) is 12.8. The highest BCUT2D eigenvalue weighted by Gasteiger charge is 2.05. The molecule has 0 bridgehead atoms. The van der Waals surface area contributed by atoms with Gasteiger partial charge in [-0.1, -0.05) is 29.8 Å². The molecule has 1 N–H and O–H groups in total. The zero-order valence-corrected chi connectivity index (χ0v) is 10.9. The maximum atomic E-state index is 5.57. The minimum absolute atomic E-state index is 0.711. The number of benzene rings is 1. The van der Waals surface area contributed by atoms with Crippen molar-refractivity contribution in [3.8, 4) is 0 Å². The average molecular weight is 245 g/mol. The van der Waals surface area contributed by atoms with Gasteiger partial charge in [-0.3, -0.25) is 0 Å². The number of hydrogen-bond acceptors (Lipinski definition) is 4. The van der Waals surface area contributed by atoms with Crippen LogP contribution >= 0.6 is 0 Å². The van der Waals surface area contributed by atoms with E-state index in [-0.39, 0.29) is 0 Å². The molecule has 2 aromatic rings. The van der Waals surface area contributed by atoms with Gasteiger partial charge in [0.2, 0.25) is 11.8 Å². The van der Waals surface area contributed by atoms with Crippen molar-refractivity contribution in [2.45, 2.75) is 26.2 Å². The van der Waals surface area contributed by atoms with Gasteiger partial charge in [0.15, 0.2) is 0 Å². The van der Waals surface area contributed by atoms with Crippen LogP contribution < -0.4 is 5.32 Å². The molecule has 1 aromatic carbocycles. The molecule has 0 saturated heterocycles. The summed E-state index contributed by atoms with van der Waals surface area (Å²) < 4.78 is 5.57. The second-order valence-corrected chi connectivity index (χ2v) is 4.43. The number of hydrogen-bond donors (Lipinski definition) is 1. The van der Waals surface area contributed by atoms with E-state index < -0.39 is 0 Å². The quantitative estimate of drug-likeness (QED) is 0.845. The molecule has 0 spiro atoms. The van der Waals surface area contributed by atoms with Gasteiger partial charge in [0.25, 0.3) is 0 Å². The third-order valence-corrected chi connectivity index (χ3v) is 2.85. The Morgan fingerprint density at radius 2 is 1.67 bits per heavy atom. The van der Waals surface area contributed by atoms with Gasteiger partial charge in [-0.15, -0.1) is 10.2 Å². The first-order valence-electron chi connectivity index (χ1n) is 6.29. The van der Waals surface area contributed by atoms with E-state index in [4.69, 9.17) is 4.42 Å². The van der Waals surface area contributed by atoms with Crippen LogP contribution in [0.5, 0.6) is 0 Å². The van der Waals surface area contributed by atoms with Crippen molar-refractivity contribution in [2.75, 3.05) is 13.6 Å². The summed E-state index contributed by atoms with van der Waals surface area (Å²) in [5.41, 5.74) is 2.58. The molecule has 0 fully saturated rings. The Morgan fingerprint density at radius 3 is 2.33 bits per heavy atom. The Labute approximate surface area is 107 Å². The summed E-state index contributed by atoms with van der Waals surface area (Å²) in [6.07, 6.45) is 2.53. The van der Waals surface area contributed by atoms with E-state index in [0.717, 1.165) is 31.7 Å². The van der Waals surface area contributed by atoms with Crippen LogP contribution in [-0.4, -0.2) is 23.8 Å². The van der Waals surface area contributed by atoms with Crippen molar-refractivity contribution in [1.82, 2.24) is 15.5 Å². The molecular formula is C14H19N3O. The van der Waals surface area contributed by atoms with Gasteiger partial charge in [0.05, 0.1) is 0 Å². The molecule has 1 aromatic heterocycles. The molecule has 0 aliphatic heterocycles. The third-order valence-electron chi connectivity index (χ3n) is 2.85. The van der Waals surface area contributed by atoms with Crippen molar-refractivity contribution in [3.63, 3.8) is 0 Å². The van der Waals surface area contributed by atoms with E-state index in [1.54, 1.807) is 0 Å². The molecule has 2 rings (SSSR count). The van der Waals surface area contributed by atoms with Gasteiger partial charge in [-0.25, -0.2) is 0 Å². The topological polar surface area (TPSA) is 51.0 Å². The van der Waals surface area contributed by atoms with Gasteiger partial charge < -0.3 is 9.73 Å². The Morgan fingerprint density at radius 1 is 1.00 bits per heavy atom. The van der Waals surface area contributed by atoms with Crippen molar-refractivity contribution in [1.29, 1.82) is 0 Å². The summed E-state index contributed by atoms with van der Waals surface area (Å²) in [5, 5.41) is 11.1. The molecule has 0 saturated carbocycles. The number of nitrogens with one attached hydrogen (secondary N) is 1. The van der Waals surface area contributed by atoms with Crippen LogP contribution in [0.3, 0.4) is 0 Å². The minimum Gasteiger partial charge on any atom is -0.425 e. The van der Waals surface area contributed by atoms with Gasteiger partial charge in [0.1, 0.15) is 0 Å². The molecular weight excluding hydrogens is 226 g/mol. The van der Waals surface area contributed by atoms with Crippen LogP contribution in [0.25, 0.3) is 0 Å². The Hall–Kier alpha value is -1.68. The second-order valence-electron chi connectivity index (χ2n) is 4.43. The lowest BCUT2D eigenvalue weighted by molar-refractivity contribution is 0.446. The largest absolute Gasteiger partial charge is 0.425 e. The van der Waals surface area contributed by atoms with Gasteiger partial charge >= 0.3 is 0 Å². The Balaban J connectivity index is 1.86. The molecule has 18 heavy (non-hydrogen) atoms. The monoisotopic (exact) mass is 245 g/mol. The van der Waals surface area contributed by atoms with E-state index in [2.05, 4.69) is 46.7 Å². The summed E-state index contributed by atoms with van der Waals surface area (Å²) in [7, 11) is 1.91. The lowest BCUT2D eigenvalue weighted by Gasteiger charge is -1.99. The van der Waals surface area contributed by atoms with E-state index in [1.165, 1.54) is 11.1 Å². The number of nitrogens with zero attached hydrogens (tertiary/aromatic N) is 2. The lowest BCUT2D eigenvalue weighted by Crippen LogP contribution is -2.10. The zero-order chi connectivity index (χ0) is 12.8. The third kappa shape index (κ3) is 3.67. The van der Waals surface area contributed by atoms with E-state index >= 15 is 0 Å². The molecule has 0 radical (unpaired) electrons. The molecule has 4 heteroatoms. The highest BCUT2D eigenvalue weighted by atomic mass is 16.4. The fourth-order valence-corrected chi connectivity index (χ4v) is 1.73. The zero-order valence-electron chi connectivity index (χ0n) is 10.9. The SMILES string of the molecule is CNCCc1nnc(CCc2ccc(C)cc2)o1. The van der Waals surface area contributed by atoms with Crippen LogP contribution in [0.4, 0.5) is 0 Å². The lowest BCUT2D eigenvalue weighted by atomic mass is 10.1. The summed E-state index contributed by atoms with van der Waals surface area (Å²) in [5.74, 6) is 1.44. The number of likely N-dealkylation sites (N-methyl/N-ethyl adjacent to an activating group) is 1. The van der Waals surface area contributed by atoms with E-state index in [1.807, 2.05) is 7.05 Å². The second kappa shape index (κ2) is 6.31. The highest BCUT2D eigenvalue weighted by Crippen LogP contribution is 2.08. The standard InChI is InChI=1S/C14H19N3O/c1-11-3-5-12(6-4-11)7-8-13-16-17-14(18-13)9-10-15-2/h3-6,15H,7-10H2,1-2H3. The summed E-state index contributed by atoms with van der Waals surface area (Å²) in [4.78, 5) is 0. The molecule has 96 valence electrons. The van der Waals surface area contributed by atoms with Crippen LogP contribution in [0.2, 0.25) is 0 Å². The van der Waals surface area contributed by atoms with Crippen molar-refractivity contribution in [2.24, 2.45) is 0 Å². The maximum Gasteiger partial charge on any atom is 0.217 e. The molecule has 4 nitrogen and oxygen atoms in total. The minimum atomic E-state index is 0.711. The normalized spacial score (nSPS) is 10.8. The predicted molar refractivity (Wildman–Crippen MR) is 70.5 cm³/mol. The number of aromatic nitrogens is 2. The molecule has 0 amide bonds. The number of aryl methyl sites for hydroxylation is 3. The van der Waals surface area contributed by atoms with Crippen molar-refractivity contribution in [3.05, 3.63) is 47.2 Å². The van der Waals surface area contributed by atoms with Crippen LogP contribution in [0, 0.1) is 6.92 Å².